The number of hydrogen-bond donors (Lipinski definition) is 0. The maximum Gasteiger partial charge on any atom is 0.197 e. The normalized spacial score (nSPS) is 11.3. The van der Waals surface area contributed by atoms with E-state index in [4.69, 9.17) is 4.74 Å². The molecule has 3 rings (SSSR count). The van der Waals surface area contributed by atoms with E-state index in [9.17, 15) is 4.79 Å². The van der Waals surface area contributed by atoms with Crippen LogP contribution in [0.15, 0.2) is 47.3 Å². The highest BCUT2D eigenvalue weighted by atomic mass is 16.5. The molecule has 3 nitrogen and oxygen atoms in total. The number of nitrogens with zero attached hydrogens (tertiary/aromatic N) is 1. The van der Waals surface area contributed by atoms with Crippen LogP contribution in [-0.2, 0) is 7.05 Å². The van der Waals surface area contributed by atoms with Crippen molar-refractivity contribution in [3.8, 4) is 5.75 Å². The summed E-state index contributed by atoms with van der Waals surface area (Å²) in [6.45, 7) is 2.97. The average molecular weight is 366 g/mol. The summed E-state index contributed by atoms with van der Waals surface area (Å²) < 4.78 is 8.00. The number of rotatable bonds is 10. The summed E-state index contributed by atoms with van der Waals surface area (Å²) in [6.07, 6.45) is 10.3. The van der Waals surface area contributed by atoms with Crippen molar-refractivity contribution in [3.63, 3.8) is 0 Å². The van der Waals surface area contributed by atoms with Gasteiger partial charge in [-0.15, -0.1) is 0 Å². The molecule has 3 heteroatoms. The van der Waals surface area contributed by atoms with Crippen LogP contribution in [0.1, 0.15) is 58.3 Å². The van der Waals surface area contributed by atoms with E-state index in [1.807, 2.05) is 49.5 Å². The Morgan fingerprint density at radius 3 is 2.26 bits per heavy atom. The number of ether oxygens (including phenoxy) is 1. The Morgan fingerprint density at radius 1 is 0.815 bits per heavy atom. The fourth-order valence-electron chi connectivity index (χ4n) is 3.74. The van der Waals surface area contributed by atoms with Gasteiger partial charge in [0, 0.05) is 17.8 Å². The molecule has 144 valence electrons. The predicted molar refractivity (Wildman–Crippen MR) is 115 cm³/mol. The molecule has 0 atom stereocenters. The molecule has 0 aliphatic heterocycles. The van der Waals surface area contributed by atoms with E-state index >= 15 is 0 Å². The molecule has 0 bridgehead atoms. The zero-order valence-corrected chi connectivity index (χ0v) is 16.7. The molecular formula is C24H31NO2. The minimum atomic E-state index is 0.0798. The van der Waals surface area contributed by atoms with Gasteiger partial charge in [-0.1, -0.05) is 64.0 Å². The summed E-state index contributed by atoms with van der Waals surface area (Å²) in [4.78, 5) is 12.8. The number of pyridine rings is 1. The van der Waals surface area contributed by atoms with E-state index in [1.54, 1.807) is 0 Å². The second-order valence-corrected chi connectivity index (χ2v) is 7.41. The Morgan fingerprint density at radius 2 is 1.48 bits per heavy atom. The molecule has 0 N–H and O–H groups in total. The van der Waals surface area contributed by atoms with Crippen molar-refractivity contribution in [3.05, 3.63) is 52.7 Å². The van der Waals surface area contributed by atoms with Crippen LogP contribution in [0.2, 0.25) is 0 Å². The summed E-state index contributed by atoms with van der Waals surface area (Å²) in [7, 11) is 2.01. The molecule has 1 heterocycles. The van der Waals surface area contributed by atoms with Crippen molar-refractivity contribution in [2.45, 2.75) is 58.3 Å². The first kappa shape index (κ1) is 19.5. The summed E-state index contributed by atoms with van der Waals surface area (Å²) in [6, 6.07) is 13.6. The van der Waals surface area contributed by atoms with Gasteiger partial charge in [0.1, 0.15) is 5.75 Å². The summed E-state index contributed by atoms with van der Waals surface area (Å²) in [5.74, 6) is 0.790. The van der Waals surface area contributed by atoms with Crippen molar-refractivity contribution in [2.24, 2.45) is 7.05 Å². The molecule has 0 spiro atoms. The maximum atomic E-state index is 12.8. The molecule has 0 fully saturated rings. The topological polar surface area (TPSA) is 31.2 Å². The van der Waals surface area contributed by atoms with E-state index in [-0.39, 0.29) is 5.43 Å². The van der Waals surface area contributed by atoms with Gasteiger partial charge in [-0.05, 0) is 36.8 Å². The fourth-order valence-corrected chi connectivity index (χ4v) is 3.74. The third kappa shape index (κ3) is 4.71. The van der Waals surface area contributed by atoms with Gasteiger partial charge in [0.2, 0.25) is 0 Å². The molecule has 1 aromatic heterocycles. The van der Waals surface area contributed by atoms with E-state index in [0.717, 1.165) is 34.0 Å². The first-order valence-electron chi connectivity index (χ1n) is 10.4. The van der Waals surface area contributed by atoms with Gasteiger partial charge >= 0.3 is 0 Å². The summed E-state index contributed by atoms with van der Waals surface area (Å²) in [5.41, 5.74) is 1.98. The van der Waals surface area contributed by atoms with Gasteiger partial charge in [-0.2, -0.15) is 0 Å². The predicted octanol–water partition coefficient (Wildman–Crippen LogP) is 6.21. The molecule has 3 aromatic rings. The summed E-state index contributed by atoms with van der Waals surface area (Å²) >= 11 is 0. The zero-order valence-electron chi connectivity index (χ0n) is 16.7. The van der Waals surface area contributed by atoms with Gasteiger partial charge in [-0.3, -0.25) is 4.79 Å². The molecule has 0 saturated carbocycles. The lowest BCUT2D eigenvalue weighted by atomic mass is 10.1. The molecule has 2 aromatic carbocycles. The number of aryl methyl sites for hydroxylation is 1. The van der Waals surface area contributed by atoms with E-state index in [1.165, 1.54) is 44.9 Å². The van der Waals surface area contributed by atoms with Crippen LogP contribution in [0.25, 0.3) is 21.8 Å². The number of fused-ring (bicyclic) bond motifs is 2. The highest BCUT2D eigenvalue weighted by Gasteiger charge is 2.09. The monoisotopic (exact) mass is 365 g/mol. The van der Waals surface area contributed by atoms with Gasteiger partial charge < -0.3 is 9.30 Å². The fraction of sp³-hybridized carbons (Fsp3) is 0.458. The standard InChI is InChI=1S/C24H31NO2/c1-3-4-5-6-7-8-9-12-17-27-19-15-16-23-21(18-19)24(26)20-13-10-11-14-22(20)25(23)2/h10-11,13-16,18H,3-9,12,17H2,1-2H3. The molecule has 0 amide bonds. The minimum Gasteiger partial charge on any atom is -0.494 e. The largest absolute Gasteiger partial charge is 0.494 e. The van der Waals surface area contributed by atoms with Crippen molar-refractivity contribution >= 4 is 21.8 Å². The summed E-state index contributed by atoms with van der Waals surface area (Å²) in [5, 5.41) is 1.48. The van der Waals surface area contributed by atoms with E-state index in [2.05, 4.69) is 11.5 Å². The second-order valence-electron chi connectivity index (χ2n) is 7.41. The quantitative estimate of drug-likeness (QED) is 0.316. The van der Waals surface area contributed by atoms with Gasteiger partial charge in [0.25, 0.3) is 0 Å². The number of aromatic nitrogens is 1. The average Bonchev–Trinajstić information content (AvgIpc) is 2.70. The number of hydrogen-bond acceptors (Lipinski definition) is 2. The molecule has 0 saturated heterocycles. The lowest BCUT2D eigenvalue weighted by Crippen LogP contribution is -2.09. The van der Waals surface area contributed by atoms with Crippen LogP contribution in [0.3, 0.4) is 0 Å². The van der Waals surface area contributed by atoms with Crippen LogP contribution >= 0.6 is 0 Å². The van der Waals surface area contributed by atoms with Crippen molar-refractivity contribution in [2.75, 3.05) is 6.61 Å². The molecule has 0 radical (unpaired) electrons. The Kier molecular flexibility index (Phi) is 6.92. The molecular weight excluding hydrogens is 334 g/mol. The Bertz CT molecular complexity index is 942. The zero-order chi connectivity index (χ0) is 19.1. The number of unbranched alkanes of at least 4 members (excludes halogenated alkanes) is 7. The molecule has 0 aliphatic rings. The Hall–Kier alpha value is -2.29. The van der Waals surface area contributed by atoms with Crippen molar-refractivity contribution < 1.29 is 4.74 Å². The number of para-hydroxylation sites is 1. The van der Waals surface area contributed by atoms with Crippen LogP contribution in [0.5, 0.6) is 5.75 Å². The first-order chi connectivity index (χ1) is 13.2. The van der Waals surface area contributed by atoms with E-state index < -0.39 is 0 Å². The van der Waals surface area contributed by atoms with Crippen LogP contribution in [0, 0.1) is 0 Å². The van der Waals surface area contributed by atoms with Gasteiger partial charge in [0.05, 0.1) is 17.6 Å². The minimum absolute atomic E-state index is 0.0798. The molecule has 0 aliphatic carbocycles. The van der Waals surface area contributed by atoms with Crippen LogP contribution in [-0.4, -0.2) is 11.2 Å². The molecule has 27 heavy (non-hydrogen) atoms. The lowest BCUT2D eigenvalue weighted by molar-refractivity contribution is 0.304. The molecule has 0 unspecified atom stereocenters. The van der Waals surface area contributed by atoms with Crippen LogP contribution in [0.4, 0.5) is 0 Å². The van der Waals surface area contributed by atoms with E-state index in [0.29, 0.717) is 6.61 Å². The SMILES string of the molecule is CCCCCCCCCCOc1ccc2c(c1)c(=O)c1ccccc1n2C. The van der Waals surface area contributed by atoms with Gasteiger partial charge in [-0.25, -0.2) is 0 Å². The third-order valence-electron chi connectivity index (χ3n) is 5.35. The lowest BCUT2D eigenvalue weighted by Gasteiger charge is -2.12. The first-order valence-corrected chi connectivity index (χ1v) is 10.4. The van der Waals surface area contributed by atoms with Crippen LogP contribution < -0.4 is 10.2 Å². The number of benzene rings is 2. The third-order valence-corrected chi connectivity index (χ3v) is 5.35. The second kappa shape index (κ2) is 9.59. The Labute approximate surface area is 162 Å². The van der Waals surface area contributed by atoms with Crippen molar-refractivity contribution in [1.29, 1.82) is 0 Å². The highest BCUT2D eigenvalue weighted by molar-refractivity contribution is 5.93. The maximum absolute atomic E-state index is 12.8. The smallest absolute Gasteiger partial charge is 0.197 e. The van der Waals surface area contributed by atoms with Gasteiger partial charge in [0.15, 0.2) is 5.43 Å². The Balaban J connectivity index is 1.60. The van der Waals surface area contributed by atoms with Crippen molar-refractivity contribution in [1.82, 2.24) is 4.57 Å². The highest BCUT2D eigenvalue weighted by Crippen LogP contribution is 2.22.